The Balaban J connectivity index is 2.40. The largest absolute Gasteiger partial charge is 0.393 e. The van der Waals surface area contributed by atoms with Crippen LogP contribution in [0.3, 0.4) is 0 Å². The number of unbranched alkanes of at least 4 members (excludes halogenated alkanes) is 2. The zero-order valence-corrected chi connectivity index (χ0v) is 11.0. The minimum atomic E-state index is -0.789. The summed E-state index contributed by atoms with van der Waals surface area (Å²) in [6.07, 6.45) is 7.89. The molecule has 0 aromatic carbocycles. The Morgan fingerprint density at radius 1 is 1.24 bits per heavy atom. The molecule has 4 atom stereocenters. The van der Waals surface area contributed by atoms with E-state index in [0.29, 0.717) is 12.8 Å². The molecular weight excluding hydrogens is 216 g/mol. The van der Waals surface area contributed by atoms with Crippen LogP contribution in [0.2, 0.25) is 0 Å². The summed E-state index contributed by atoms with van der Waals surface area (Å²) in [7, 11) is 0. The fourth-order valence-electron chi connectivity index (χ4n) is 2.37. The first-order valence-electron chi connectivity index (χ1n) is 6.72. The van der Waals surface area contributed by atoms with Crippen LogP contribution >= 0.6 is 0 Å². The van der Waals surface area contributed by atoms with E-state index in [1.807, 2.05) is 6.08 Å². The molecule has 1 saturated carbocycles. The lowest BCUT2D eigenvalue weighted by Gasteiger charge is -2.20. The molecule has 0 bridgehead atoms. The van der Waals surface area contributed by atoms with Gasteiger partial charge in [-0.1, -0.05) is 38.3 Å². The van der Waals surface area contributed by atoms with E-state index in [1.165, 1.54) is 0 Å². The molecule has 3 nitrogen and oxygen atoms in total. The highest BCUT2D eigenvalue weighted by Crippen LogP contribution is 2.28. The lowest BCUT2D eigenvalue weighted by molar-refractivity contribution is 0.0965. The standard InChI is InChI=1S/C14H26O3/c1-3-4-5-7-14(2,17)8-6-11-9-12(15)10-13(11)16/h6,8,11-13,15-17H,3-5,7,9-10H2,1-2H3/b8-6+/t11-,12-,13-,14?/m1/s1. The van der Waals surface area contributed by atoms with Crippen LogP contribution in [0.25, 0.3) is 0 Å². The van der Waals surface area contributed by atoms with Gasteiger partial charge >= 0.3 is 0 Å². The first-order valence-corrected chi connectivity index (χ1v) is 6.72. The van der Waals surface area contributed by atoms with Crippen LogP contribution < -0.4 is 0 Å². The van der Waals surface area contributed by atoms with Crippen molar-refractivity contribution in [1.82, 2.24) is 0 Å². The molecule has 0 aliphatic heterocycles. The van der Waals surface area contributed by atoms with Crippen molar-refractivity contribution in [2.24, 2.45) is 5.92 Å². The molecule has 1 fully saturated rings. The second-order valence-corrected chi connectivity index (χ2v) is 5.53. The first-order chi connectivity index (χ1) is 7.94. The van der Waals surface area contributed by atoms with Crippen LogP contribution in [0, 0.1) is 5.92 Å². The Morgan fingerprint density at radius 2 is 1.94 bits per heavy atom. The molecule has 17 heavy (non-hydrogen) atoms. The molecule has 1 unspecified atom stereocenters. The molecule has 3 N–H and O–H groups in total. The maximum absolute atomic E-state index is 10.1. The Morgan fingerprint density at radius 3 is 2.47 bits per heavy atom. The smallest absolute Gasteiger partial charge is 0.0799 e. The second-order valence-electron chi connectivity index (χ2n) is 5.53. The predicted octanol–water partition coefficient (Wildman–Crippen LogP) is 2.01. The molecule has 0 aromatic heterocycles. The van der Waals surface area contributed by atoms with E-state index in [0.717, 1.165) is 25.7 Å². The van der Waals surface area contributed by atoms with Crippen molar-refractivity contribution in [3.05, 3.63) is 12.2 Å². The minimum absolute atomic E-state index is 0.0114. The Hall–Kier alpha value is -0.380. The van der Waals surface area contributed by atoms with Gasteiger partial charge in [0.25, 0.3) is 0 Å². The Kier molecular flexibility index (Phi) is 5.63. The average molecular weight is 242 g/mol. The van der Waals surface area contributed by atoms with Gasteiger partial charge in [-0.25, -0.2) is 0 Å². The van der Waals surface area contributed by atoms with E-state index in [4.69, 9.17) is 0 Å². The molecule has 0 spiro atoms. The van der Waals surface area contributed by atoms with Gasteiger partial charge in [-0.15, -0.1) is 0 Å². The van der Waals surface area contributed by atoms with E-state index < -0.39 is 17.8 Å². The molecule has 0 saturated heterocycles. The van der Waals surface area contributed by atoms with E-state index in [-0.39, 0.29) is 5.92 Å². The highest BCUT2D eigenvalue weighted by Gasteiger charge is 2.30. The fourth-order valence-corrected chi connectivity index (χ4v) is 2.37. The van der Waals surface area contributed by atoms with Crippen molar-refractivity contribution in [3.63, 3.8) is 0 Å². The molecule has 3 heteroatoms. The summed E-state index contributed by atoms with van der Waals surface area (Å²) in [5, 5.41) is 29.2. The lowest BCUT2D eigenvalue weighted by Crippen LogP contribution is -2.21. The van der Waals surface area contributed by atoms with Crippen LogP contribution in [0.15, 0.2) is 12.2 Å². The summed E-state index contributed by atoms with van der Waals surface area (Å²) in [5.74, 6) is -0.0114. The number of hydrogen-bond donors (Lipinski definition) is 3. The quantitative estimate of drug-likeness (QED) is 0.493. The minimum Gasteiger partial charge on any atom is -0.393 e. The average Bonchev–Trinajstić information content (AvgIpc) is 2.55. The molecule has 0 aromatic rings. The topological polar surface area (TPSA) is 60.7 Å². The zero-order chi connectivity index (χ0) is 12.9. The first kappa shape index (κ1) is 14.7. The molecular formula is C14H26O3. The SMILES string of the molecule is CCCCCC(C)(O)/C=C/[C@@H]1C[C@@H](O)C[C@H]1O. The monoisotopic (exact) mass is 242 g/mol. The highest BCUT2D eigenvalue weighted by atomic mass is 16.3. The second kappa shape index (κ2) is 6.53. The Labute approximate surface area is 104 Å². The van der Waals surface area contributed by atoms with Crippen molar-refractivity contribution in [3.8, 4) is 0 Å². The summed E-state index contributed by atoms with van der Waals surface area (Å²) >= 11 is 0. The summed E-state index contributed by atoms with van der Waals surface area (Å²) in [6, 6.07) is 0. The van der Waals surface area contributed by atoms with Gasteiger partial charge in [0.2, 0.25) is 0 Å². The van der Waals surface area contributed by atoms with Gasteiger partial charge in [0, 0.05) is 5.92 Å². The summed E-state index contributed by atoms with van der Waals surface area (Å²) in [5.41, 5.74) is -0.789. The van der Waals surface area contributed by atoms with Crippen LogP contribution in [-0.2, 0) is 0 Å². The normalized spacial score (nSPS) is 33.1. The third-order valence-electron chi connectivity index (χ3n) is 3.54. The van der Waals surface area contributed by atoms with E-state index in [1.54, 1.807) is 13.0 Å². The summed E-state index contributed by atoms with van der Waals surface area (Å²) in [6.45, 7) is 3.94. The molecule has 0 amide bonds. The summed E-state index contributed by atoms with van der Waals surface area (Å²) < 4.78 is 0. The maximum atomic E-state index is 10.1. The van der Waals surface area contributed by atoms with E-state index >= 15 is 0 Å². The number of aliphatic hydroxyl groups is 3. The van der Waals surface area contributed by atoms with Gasteiger partial charge in [-0.3, -0.25) is 0 Å². The van der Waals surface area contributed by atoms with Crippen LogP contribution in [0.1, 0.15) is 52.4 Å². The van der Waals surface area contributed by atoms with Crippen LogP contribution in [0.4, 0.5) is 0 Å². The lowest BCUT2D eigenvalue weighted by atomic mass is 9.95. The van der Waals surface area contributed by atoms with Gasteiger partial charge < -0.3 is 15.3 Å². The predicted molar refractivity (Wildman–Crippen MR) is 68.6 cm³/mol. The van der Waals surface area contributed by atoms with Crippen LogP contribution in [-0.4, -0.2) is 33.1 Å². The molecule has 1 rings (SSSR count). The van der Waals surface area contributed by atoms with Crippen molar-refractivity contribution >= 4 is 0 Å². The van der Waals surface area contributed by atoms with Gasteiger partial charge in [0.1, 0.15) is 0 Å². The zero-order valence-electron chi connectivity index (χ0n) is 11.0. The number of rotatable bonds is 6. The van der Waals surface area contributed by atoms with Crippen molar-refractivity contribution in [1.29, 1.82) is 0 Å². The fraction of sp³-hybridized carbons (Fsp3) is 0.857. The molecule has 1 aliphatic rings. The maximum Gasteiger partial charge on any atom is 0.0799 e. The van der Waals surface area contributed by atoms with Gasteiger partial charge in [0.15, 0.2) is 0 Å². The molecule has 0 radical (unpaired) electrons. The third-order valence-corrected chi connectivity index (χ3v) is 3.54. The number of aliphatic hydroxyl groups excluding tert-OH is 2. The van der Waals surface area contributed by atoms with Crippen molar-refractivity contribution in [2.75, 3.05) is 0 Å². The van der Waals surface area contributed by atoms with Crippen molar-refractivity contribution in [2.45, 2.75) is 70.2 Å². The van der Waals surface area contributed by atoms with E-state index in [9.17, 15) is 15.3 Å². The Bertz CT molecular complexity index is 248. The van der Waals surface area contributed by atoms with Crippen molar-refractivity contribution < 1.29 is 15.3 Å². The number of hydrogen-bond acceptors (Lipinski definition) is 3. The molecule has 1 aliphatic carbocycles. The van der Waals surface area contributed by atoms with Gasteiger partial charge in [-0.2, -0.15) is 0 Å². The van der Waals surface area contributed by atoms with Gasteiger partial charge in [-0.05, 0) is 26.2 Å². The molecule has 0 heterocycles. The van der Waals surface area contributed by atoms with Crippen LogP contribution in [0.5, 0.6) is 0 Å². The summed E-state index contributed by atoms with van der Waals surface area (Å²) in [4.78, 5) is 0. The molecule has 100 valence electrons. The highest BCUT2D eigenvalue weighted by molar-refractivity contribution is 5.04. The van der Waals surface area contributed by atoms with E-state index in [2.05, 4.69) is 6.92 Å². The third kappa shape index (κ3) is 5.19. The van der Waals surface area contributed by atoms with Gasteiger partial charge in [0.05, 0.1) is 17.8 Å².